The Labute approximate surface area is 91.7 Å². The fourth-order valence-electron chi connectivity index (χ4n) is 1.80. The first-order chi connectivity index (χ1) is 6.38. The minimum atomic E-state index is 0.234. The van der Waals surface area contributed by atoms with Crippen molar-refractivity contribution in [3.8, 4) is 0 Å². The van der Waals surface area contributed by atoms with Crippen molar-refractivity contribution in [2.24, 2.45) is 0 Å². The van der Waals surface area contributed by atoms with Gasteiger partial charge in [-0.1, -0.05) is 34.3 Å². The molecule has 1 aromatic rings. The Morgan fingerprint density at radius 1 is 1.43 bits per heavy atom. The fourth-order valence-corrected chi connectivity index (χ4v) is 3.11. The molecule has 0 atom stereocenters. The van der Waals surface area contributed by atoms with Crippen LogP contribution in [0.25, 0.3) is 5.57 Å². The molecule has 0 aromatic carbocycles. The van der Waals surface area contributed by atoms with E-state index in [9.17, 15) is 0 Å². The molecule has 0 aliphatic carbocycles. The second-order valence-electron chi connectivity index (χ2n) is 4.83. The Bertz CT molecular complexity index is 337. The summed E-state index contributed by atoms with van der Waals surface area (Å²) in [5.74, 6) is 0. The summed E-state index contributed by atoms with van der Waals surface area (Å²) in [5.41, 5.74) is 4.40. The van der Waals surface area contributed by atoms with Crippen LogP contribution in [0, 0.1) is 6.92 Å². The van der Waals surface area contributed by atoms with Crippen molar-refractivity contribution in [1.29, 1.82) is 0 Å². The summed E-state index contributed by atoms with van der Waals surface area (Å²) in [6, 6.07) is 0. The van der Waals surface area contributed by atoms with E-state index in [1.165, 1.54) is 21.6 Å². The molecule has 14 heavy (non-hydrogen) atoms. The third kappa shape index (κ3) is 2.09. The molecule has 0 nitrogen and oxygen atoms in total. The van der Waals surface area contributed by atoms with Crippen LogP contribution < -0.4 is 0 Å². The first kappa shape index (κ1) is 11.5. The molecule has 0 bridgehead atoms. The largest absolute Gasteiger partial charge is 0.144 e. The van der Waals surface area contributed by atoms with Gasteiger partial charge in [-0.25, -0.2) is 0 Å². The first-order valence-corrected chi connectivity index (χ1v) is 6.02. The van der Waals surface area contributed by atoms with Crippen LogP contribution >= 0.6 is 11.3 Å². The molecular weight excluding hydrogens is 188 g/mol. The van der Waals surface area contributed by atoms with E-state index >= 15 is 0 Å². The lowest BCUT2D eigenvalue weighted by Gasteiger charge is -2.21. The van der Waals surface area contributed by atoms with Crippen LogP contribution in [0.3, 0.4) is 0 Å². The molecule has 0 aliphatic heterocycles. The molecule has 0 saturated carbocycles. The number of allylic oxidation sites excluding steroid dienone is 1. The molecule has 0 aliphatic rings. The minimum Gasteiger partial charge on any atom is -0.144 e. The molecule has 0 radical (unpaired) electrons. The zero-order valence-corrected chi connectivity index (χ0v) is 10.7. The van der Waals surface area contributed by atoms with Crippen LogP contribution in [0.15, 0.2) is 12.0 Å². The van der Waals surface area contributed by atoms with Crippen molar-refractivity contribution in [3.63, 3.8) is 0 Å². The van der Waals surface area contributed by atoms with Crippen LogP contribution in [-0.4, -0.2) is 0 Å². The average molecular weight is 208 g/mol. The predicted octanol–water partition coefficient (Wildman–Crippen LogP) is 4.78. The van der Waals surface area contributed by atoms with Gasteiger partial charge in [-0.15, -0.1) is 11.3 Å². The van der Waals surface area contributed by atoms with E-state index in [1.54, 1.807) is 0 Å². The Morgan fingerprint density at radius 3 is 2.43 bits per heavy atom. The van der Waals surface area contributed by atoms with Gasteiger partial charge in [0.15, 0.2) is 0 Å². The van der Waals surface area contributed by atoms with Gasteiger partial charge in [-0.05, 0) is 40.8 Å². The molecule has 0 amide bonds. The van der Waals surface area contributed by atoms with Crippen molar-refractivity contribution < 1.29 is 0 Å². The molecular formula is C13H20S. The molecule has 0 unspecified atom stereocenters. The molecule has 78 valence electrons. The SMILES string of the molecule is C=C(CC)c1scc(C)c1C(C)(C)C. The lowest BCUT2D eigenvalue weighted by molar-refractivity contribution is 0.587. The van der Waals surface area contributed by atoms with E-state index < -0.39 is 0 Å². The Balaban J connectivity index is 3.27. The summed E-state index contributed by atoms with van der Waals surface area (Å²) in [6.07, 6.45) is 1.04. The fraction of sp³-hybridized carbons (Fsp3) is 0.538. The normalized spacial score (nSPS) is 11.8. The van der Waals surface area contributed by atoms with Gasteiger partial charge >= 0.3 is 0 Å². The maximum Gasteiger partial charge on any atom is 0.0336 e. The van der Waals surface area contributed by atoms with Crippen LogP contribution in [-0.2, 0) is 5.41 Å². The van der Waals surface area contributed by atoms with E-state index in [0.29, 0.717) is 0 Å². The van der Waals surface area contributed by atoms with E-state index in [-0.39, 0.29) is 5.41 Å². The van der Waals surface area contributed by atoms with Crippen LogP contribution in [0.2, 0.25) is 0 Å². The van der Waals surface area contributed by atoms with Gasteiger partial charge in [0.05, 0.1) is 0 Å². The molecule has 0 saturated heterocycles. The highest BCUT2D eigenvalue weighted by atomic mass is 32.1. The minimum absolute atomic E-state index is 0.234. The average Bonchev–Trinajstić information content (AvgIpc) is 2.44. The lowest BCUT2D eigenvalue weighted by Crippen LogP contribution is -2.13. The zero-order chi connectivity index (χ0) is 10.9. The highest BCUT2D eigenvalue weighted by Gasteiger charge is 2.22. The van der Waals surface area contributed by atoms with Gasteiger partial charge in [-0.3, -0.25) is 0 Å². The topological polar surface area (TPSA) is 0 Å². The lowest BCUT2D eigenvalue weighted by atomic mass is 9.83. The highest BCUT2D eigenvalue weighted by molar-refractivity contribution is 7.11. The van der Waals surface area contributed by atoms with Crippen LogP contribution in [0.5, 0.6) is 0 Å². The van der Waals surface area contributed by atoms with Crippen molar-refractivity contribution >= 4 is 16.9 Å². The molecule has 0 N–H and O–H groups in total. The zero-order valence-electron chi connectivity index (χ0n) is 9.90. The van der Waals surface area contributed by atoms with Gasteiger partial charge in [0.25, 0.3) is 0 Å². The van der Waals surface area contributed by atoms with E-state index in [0.717, 1.165) is 6.42 Å². The number of rotatable bonds is 2. The molecule has 1 heterocycles. The maximum absolute atomic E-state index is 4.14. The van der Waals surface area contributed by atoms with Gasteiger partial charge in [0, 0.05) is 4.88 Å². The third-order valence-corrected chi connectivity index (χ3v) is 3.67. The van der Waals surface area contributed by atoms with Crippen molar-refractivity contribution in [2.45, 2.75) is 46.5 Å². The van der Waals surface area contributed by atoms with Gasteiger partial charge in [-0.2, -0.15) is 0 Å². The van der Waals surface area contributed by atoms with Crippen LogP contribution in [0.1, 0.15) is 50.1 Å². The van der Waals surface area contributed by atoms with Gasteiger partial charge in [0.1, 0.15) is 0 Å². The summed E-state index contributed by atoms with van der Waals surface area (Å²) in [4.78, 5) is 1.40. The quantitative estimate of drug-likeness (QED) is 0.656. The Kier molecular flexibility index (Phi) is 3.20. The second kappa shape index (κ2) is 3.90. The number of hydrogen-bond acceptors (Lipinski definition) is 1. The van der Waals surface area contributed by atoms with Crippen LogP contribution in [0.4, 0.5) is 0 Å². The molecule has 1 rings (SSSR count). The second-order valence-corrected chi connectivity index (χ2v) is 5.71. The summed E-state index contributed by atoms with van der Waals surface area (Å²) in [6.45, 7) is 15.3. The summed E-state index contributed by atoms with van der Waals surface area (Å²) >= 11 is 1.84. The van der Waals surface area contributed by atoms with E-state index in [4.69, 9.17) is 0 Å². The van der Waals surface area contributed by atoms with E-state index in [1.807, 2.05) is 11.3 Å². The highest BCUT2D eigenvalue weighted by Crippen LogP contribution is 2.37. The third-order valence-electron chi connectivity index (χ3n) is 2.47. The predicted molar refractivity (Wildman–Crippen MR) is 67.1 cm³/mol. The van der Waals surface area contributed by atoms with Crippen molar-refractivity contribution in [1.82, 2.24) is 0 Å². The molecule has 1 aromatic heterocycles. The first-order valence-electron chi connectivity index (χ1n) is 5.14. The molecule has 0 fully saturated rings. The van der Waals surface area contributed by atoms with Gasteiger partial charge in [0.2, 0.25) is 0 Å². The van der Waals surface area contributed by atoms with Crippen molar-refractivity contribution in [3.05, 3.63) is 28.0 Å². The molecule has 0 spiro atoms. The number of hydrogen-bond donors (Lipinski definition) is 0. The van der Waals surface area contributed by atoms with E-state index in [2.05, 4.69) is 46.6 Å². The maximum atomic E-state index is 4.14. The summed E-state index contributed by atoms with van der Waals surface area (Å²) in [5, 5.41) is 2.25. The van der Waals surface area contributed by atoms with Gasteiger partial charge < -0.3 is 0 Å². The summed E-state index contributed by atoms with van der Waals surface area (Å²) in [7, 11) is 0. The standard InChI is InChI=1S/C13H20S/c1-7-9(2)12-11(13(4,5)6)10(3)8-14-12/h8H,2,7H2,1,3-6H3. The smallest absolute Gasteiger partial charge is 0.0336 e. The Morgan fingerprint density at radius 2 is 2.00 bits per heavy atom. The van der Waals surface area contributed by atoms with Crippen molar-refractivity contribution in [2.75, 3.05) is 0 Å². The Hall–Kier alpha value is -0.560. The summed E-state index contributed by atoms with van der Waals surface area (Å²) < 4.78 is 0. The molecule has 1 heteroatoms. The number of aryl methyl sites for hydroxylation is 1. The number of thiophene rings is 1. The monoisotopic (exact) mass is 208 g/mol.